The Morgan fingerprint density at radius 1 is 0.968 bits per heavy atom. The fourth-order valence-corrected chi connectivity index (χ4v) is 5.43. The molecule has 0 aliphatic carbocycles. The van der Waals surface area contributed by atoms with Gasteiger partial charge in [0.1, 0.15) is 5.52 Å². The van der Waals surface area contributed by atoms with Crippen LogP contribution in [0, 0.1) is 12.3 Å². The molecule has 0 saturated heterocycles. The molecule has 6 aromatic rings. The van der Waals surface area contributed by atoms with Gasteiger partial charge in [0.2, 0.25) is 0 Å². The maximum Gasteiger partial charge on any atom is 0.287 e. The van der Waals surface area contributed by atoms with E-state index in [0.29, 0.717) is 0 Å². The first-order valence-corrected chi connectivity index (χ1v) is 11.2. The first kappa shape index (κ1) is 18.6. The molecule has 0 N–H and O–H groups in total. The fraction of sp³-hybridized carbons (Fsp3) is 0.286. The van der Waals surface area contributed by atoms with E-state index >= 15 is 0 Å². The van der Waals surface area contributed by atoms with E-state index in [-0.39, 0.29) is 5.41 Å². The molecule has 0 radical (unpaired) electrons. The van der Waals surface area contributed by atoms with E-state index in [4.69, 9.17) is 4.98 Å². The Morgan fingerprint density at radius 2 is 1.74 bits per heavy atom. The van der Waals surface area contributed by atoms with Crippen molar-refractivity contribution in [3.63, 3.8) is 0 Å². The van der Waals surface area contributed by atoms with Crippen molar-refractivity contribution in [2.45, 2.75) is 40.5 Å². The van der Waals surface area contributed by atoms with Crippen LogP contribution >= 0.6 is 0 Å². The third-order valence-corrected chi connectivity index (χ3v) is 7.31. The molecule has 0 amide bonds. The molecule has 0 unspecified atom stereocenters. The summed E-state index contributed by atoms with van der Waals surface area (Å²) >= 11 is 0. The predicted octanol–water partition coefficient (Wildman–Crippen LogP) is 6.50. The molecule has 0 aliphatic heterocycles. The summed E-state index contributed by atoms with van der Waals surface area (Å²) in [5.41, 5.74) is 9.20. The maximum atomic E-state index is 4.91. The lowest BCUT2D eigenvalue weighted by Gasteiger charge is -2.23. The standard InChI is InChI=1S/C28H28N3/c1-6-28(3,4)15-18-14-20-25-26(30(5)16-29-20)23-17(2)10-9-13-22(23)31-21-12-8-7-11-19(21)24(18)27(25)31/h7-14,16H,6,15H2,1-5H3/q+1. The van der Waals surface area contributed by atoms with Crippen molar-refractivity contribution in [1.29, 1.82) is 0 Å². The first-order chi connectivity index (χ1) is 14.9. The van der Waals surface area contributed by atoms with Gasteiger partial charge in [0.25, 0.3) is 6.33 Å². The second-order valence-electron chi connectivity index (χ2n) is 9.87. The molecule has 3 aromatic carbocycles. The zero-order valence-electron chi connectivity index (χ0n) is 19.0. The molecule has 3 heterocycles. The number of fused-ring (bicyclic) bond motifs is 6. The molecule has 3 aromatic heterocycles. The summed E-state index contributed by atoms with van der Waals surface area (Å²) in [6.07, 6.45) is 4.17. The molecule has 0 spiro atoms. The van der Waals surface area contributed by atoms with Gasteiger partial charge in [-0.15, -0.1) is 0 Å². The van der Waals surface area contributed by atoms with Gasteiger partial charge in [-0.25, -0.2) is 4.57 Å². The number of nitrogens with zero attached hydrogens (tertiary/aromatic N) is 3. The van der Waals surface area contributed by atoms with E-state index in [9.17, 15) is 0 Å². The van der Waals surface area contributed by atoms with Crippen LogP contribution in [-0.4, -0.2) is 9.38 Å². The van der Waals surface area contributed by atoms with Crippen LogP contribution in [0.25, 0.3) is 49.1 Å². The largest absolute Gasteiger partial charge is 0.308 e. The van der Waals surface area contributed by atoms with Gasteiger partial charge in [0.05, 0.1) is 29.0 Å². The molecule has 31 heavy (non-hydrogen) atoms. The van der Waals surface area contributed by atoms with E-state index in [0.717, 1.165) is 18.4 Å². The van der Waals surface area contributed by atoms with E-state index in [2.05, 4.69) is 92.2 Å². The van der Waals surface area contributed by atoms with Crippen LogP contribution in [0.15, 0.2) is 54.9 Å². The molecule has 6 rings (SSSR count). The summed E-state index contributed by atoms with van der Waals surface area (Å²) in [4.78, 5) is 4.91. The summed E-state index contributed by atoms with van der Waals surface area (Å²) in [7, 11) is 2.12. The monoisotopic (exact) mass is 406 g/mol. The molecule has 3 heteroatoms. The normalized spacial score (nSPS) is 12.9. The number of hydrogen-bond acceptors (Lipinski definition) is 1. The van der Waals surface area contributed by atoms with Crippen LogP contribution in [0.2, 0.25) is 0 Å². The second-order valence-corrected chi connectivity index (χ2v) is 9.87. The van der Waals surface area contributed by atoms with Gasteiger partial charge in [-0.1, -0.05) is 57.5 Å². The molecule has 0 aliphatic rings. The number of aryl methyl sites for hydroxylation is 2. The Morgan fingerprint density at radius 3 is 2.55 bits per heavy atom. The summed E-state index contributed by atoms with van der Waals surface area (Å²) in [6, 6.07) is 17.9. The van der Waals surface area contributed by atoms with Gasteiger partial charge in [-0.2, -0.15) is 0 Å². The van der Waals surface area contributed by atoms with Crippen molar-refractivity contribution < 1.29 is 4.57 Å². The Hall–Kier alpha value is -3.20. The number of para-hydroxylation sites is 1. The Kier molecular flexibility index (Phi) is 3.69. The van der Waals surface area contributed by atoms with Crippen molar-refractivity contribution in [2.75, 3.05) is 0 Å². The molecule has 0 fully saturated rings. The third-order valence-electron chi connectivity index (χ3n) is 7.31. The van der Waals surface area contributed by atoms with Crippen molar-refractivity contribution in [1.82, 2.24) is 9.38 Å². The highest BCUT2D eigenvalue weighted by atomic mass is 15.0. The Bertz CT molecular complexity index is 1640. The lowest BCUT2D eigenvalue weighted by molar-refractivity contribution is -0.646. The fourth-order valence-electron chi connectivity index (χ4n) is 5.43. The number of aromatic nitrogens is 3. The van der Waals surface area contributed by atoms with Crippen LogP contribution in [0.1, 0.15) is 38.3 Å². The van der Waals surface area contributed by atoms with E-state index in [1.807, 2.05) is 6.33 Å². The average molecular weight is 407 g/mol. The van der Waals surface area contributed by atoms with Crippen LogP contribution in [-0.2, 0) is 13.5 Å². The molecule has 0 saturated carbocycles. The minimum atomic E-state index is 0.241. The second kappa shape index (κ2) is 6.16. The molecule has 0 bridgehead atoms. The minimum Gasteiger partial charge on any atom is -0.308 e. The summed E-state index contributed by atoms with van der Waals surface area (Å²) < 4.78 is 4.69. The highest BCUT2D eigenvalue weighted by Gasteiger charge is 2.27. The van der Waals surface area contributed by atoms with Gasteiger partial charge in [-0.05, 0) is 53.1 Å². The van der Waals surface area contributed by atoms with Crippen LogP contribution in [0.3, 0.4) is 0 Å². The first-order valence-electron chi connectivity index (χ1n) is 11.2. The smallest absolute Gasteiger partial charge is 0.287 e. The predicted molar refractivity (Wildman–Crippen MR) is 130 cm³/mol. The molecule has 3 nitrogen and oxygen atoms in total. The van der Waals surface area contributed by atoms with Crippen LogP contribution in [0.5, 0.6) is 0 Å². The summed E-state index contributed by atoms with van der Waals surface area (Å²) in [6.45, 7) is 9.25. The van der Waals surface area contributed by atoms with Gasteiger partial charge in [-0.3, -0.25) is 0 Å². The quantitative estimate of drug-likeness (QED) is 0.187. The van der Waals surface area contributed by atoms with Gasteiger partial charge >= 0.3 is 0 Å². The SMILES string of the molecule is CCC(C)(C)Cc1cc2nc[n+](C)c3c4c(C)cccc4n4c5ccccc5c1c4c23. The van der Waals surface area contributed by atoms with E-state index in [1.54, 1.807) is 0 Å². The number of rotatable bonds is 3. The molecular formula is C28H28N3+. The van der Waals surface area contributed by atoms with Gasteiger partial charge in [0, 0.05) is 16.2 Å². The van der Waals surface area contributed by atoms with Crippen LogP contribution < -0.4 is 4.57 Å². The minimum absolute atomic E-state index is 0.241. The van der Waals surface area contributed by atoms with Crippen molar-refractivity contribution >= 4 is 49.1 Å². The maximum absolute atomic E-state index is 4.91. The molecule has 0 atom stereocenters. The van der Waals surface area contributed by atoms with E-state index < -0.39 is 0 Å². The van der Waals surface area contributed by atoms with Crippen LogP contribution in [0.4, 0.5) is 0 Å². The van der Waals surface area contributed by atoms with Crippen molar-refractivity contribution in [3.05, 3.63) is 66.0 Å². The lowest BCUT2D eigenvalue weighted by atomic mass is 9.82. The number of pyridine rings is 1. The summed E-state index contributed by atoms with van der Waals surface area (Å²) in [5.74, 6) is 0. The average Bonchev–Trinajstić information content (AvgIpc) is 3.11. The van der Waals surface area contributed by atoms with E-state index in [1.165, 1.54) is 54.7 Å². The van der Waals surface area contributed by atoms with Gasteiger partial charge in [0.15, 0.2) is 5.52 Å². The highest BCUT2D eigenvalue weighted by molar-refractivity contribution is 6.27. The lowest BCUT2D eigenvalue weighted by Crippen LogP contribution is -2.30. The topological polar surface area (TPSA) is 21.2 Å². The summed E-state index contributed by atoms with van der Waals surface area (Å²) in [5, 5.41) is 5.32. The third kappa shape index (κ3) is 2.40. The molecule has 154 valence electrons. The van der Waals surface area contributed by atoms with Gasteiger partial charge < -0.3 is 4.40 Å². The molecular weight excluding hydrogens is 378 g/mol. The Balaban J connectivity index is 1.99. The zero-order chi connectivity index (χ0) is 21.5. The number of benzene rings is 3. The Labute approximate surface area is 182 Å². The zero-order valence-corrected chi connectivity index (χ0v) is 19.0. The number of hydrogen-bond donors (Lipinski definition) is 0. The van der Waals surface area contributed by atoms with Crippen molar-refractivity contribution in [3.8, 4) is 0 Å². The van der Waals surface area contributed by atoms with Crippen molar-refractivity contribution in [2.24, 2.45) is 12.5 Å². The highest BCUT2D eigenvalue weighted by Crippen LogP contribution is 2.43.